The van der Waals surface area contributed by atoms with Crippen LogP contribution in [0.4, 0.5) is 4.39 Å². The second-order valence-electron chi connectivity index (χ2n) is 3.99. The van der Waals surface area contributed by atoms with Crippen LogP contribution in [-0.2, 0) is 11.3 Å². The van der Waals surface area contributed by atoms with Crippen LogP contribution in [0.15, 0.2) is 52.0 Å². The average Bonchev–Trinajstić information content (AvgIpc) is 2.91. The predicted octanol–water partition coefficient (Wildman–Crippen LogP) is 3.22. The lowest BCUT2D eigenvalue weighted by atomic mass is 10.3. The Bertz CT molecular complexity index is 542. The molecule has 3 nitrogen and oxygen atoms in total. The Hall–Kier alpha value is -1.75. The average molecular weight is 279 g/mol. The van der Waals surface area contributed by atoms with E-state index in [2.05, 4.69) is 5.32 Å². The molecule has 0 saturated heterocycles. The molecule has 0 aliphatic heterocycles. The van der Waals surface area contributed by atoms with Gasteiger partial charge in [0.05, 0.1) is 18.1 Å². The van der Waals surface area contributed by atoms with Crippen molar-refractivity contribution in [3.8, 4) is 0 Å². The van der Waals surface area contributed by atoms with E-state index >= 15 is 0 Å². The third-order valence-electron chi connectivity index (χ3n) is 2.53. The summed E-state index contributed by atoms with van der Waals surface area (Å²) in [6.45, 7) is 2.09. The Morgan fingerprint density at radius 3 is 2.84 bits per heavy atom. The van der Waals surface area contributed by atoms with Gasteiger partial charge in [-0.3, -0.25) is 4.79 Å². The Balaban J connectivity index is 1.87. The van der Waals surface area contributed by atoms with Crippen molar-refractivity contribution in [3.05, 3.63) is 54.2 Å². The van der Waals surface area contributed by atoms with E-state index in [4.69, 9.17) is 4.42 Å². The molecule has 5 heteroatoms. The summed E-state index contributed by atoms with van der Waals surface area (Å²) in [7, 11) is 0. The topological polar surface area (TPSA) is 42.2 Å². The van der Waals surface area contributed by atoms with Crippen molar-refractivity contribution < 1.29 is 13.6 Å². The van der Waals surface area contributed by atoms with Gasteiger partial charge in [0, 0.05) is 4.90 Å². The maximum absolute atomic E-state index is 13.5. The van der Waals surface area contributed by atoms with E-state index in [9.17, 15) is 9.18 Å². The van der Waals surface area contributed by atoms with Crippen LogP contribution in [-0.4, -0.2) is 11.2 Å². The van der Waals surface area contributed by atoms with Gasteiger partial charge < -0.3 is 9.73 Å². The van der Waals surface area contributed by atoms with E-state index < -0.39 is 0 Å². The third kappa shape index (κ3) is 3.86. The number of benzene rings is 1. The number of nitrogens with one attached hydrogen (secondary N) is 1. The van der Waals surface area contributed by atoms with Crippen LogP contribution in [0, 0.1) is 5.82 Å². The fourth-order valence-electron chi connectivity index (χ4n) is 1.52. The first-order valence-corrected chi connectivity index (χ1v) is 6.76. The van der Waals surface area contributed by atoms with Gasteiger partial charge in [-0.2, -0.15) is 0 Å². The first-order chi connectivity index (χ1) is 9.16. The maximum atomic E-state index is 13.5. The number of rotatable bonds is 5. The number of carbonyl (C=O) groups is 1. The smallest absolute Gasteiger partial charge is 0.233 e. The molecule has 0 spiro atoms. The van der Waals surface area contributed by atoms with E-state index in [1.807, 2.05) is 0 Å². The zero-order chi connectivity index (χ0) is 13.7. The van der Waals surface area contributed by atoms with E-state index in [-0.39, 0.29) is 17.0 Å². The summed E-state index contributed by atoms with van der Waals surface area (Å²) in [5.41, 5.74) is 0. The zero-order valence-electron chi connectivity index (χ0n) is 10.4. The molecule has 1 N–H and O–H groups in total. The van der Waals surface area contributed by atoms with Gasteiger partial charge in [0.1, 0.15) is 11.6 Å². The molecule has 0 radical (unpaired) electrons. The highest BCUT2D eigenvalue weighted by Crippen LogP contribution is 2.25. The summed E-state index contributed by atoms with van der Waals surface area (Å²) in [5.74, 6) is 0.235. The molecule has 1 amide bonds. The van der Waals surface area contributed by atoms with Crippen LogP contribution in [0.25, 0.3) is 0 Å². The molecule has 2 aromatic rings. The highest BCUT2D eigenvalue weighted by atomic mass is 32.2. The fourth-order valence-corrected chi connectivity index (χ4v) is 2.42. The summed E-state index contributed by atoms with van der Waals surface area (Å²) >= 11 is 1.20. The van der Waals surface area contributed by atoms with Crippen LogP contribution in [0.5, 0.6) is 0 Å². The van der Waals surface area contributed by atoms with Gasteiger partial charge in [-0.05, 0) is 31.2 Å². The zero-order valence-corrected chi connectivity index (χ0v) is 11.2. The molecule has 0 unspecified atom stereocenters. The minimum Gasteiger partial charge on any atom is -0.467 e. The van der Waals surface area contributed by atoms with Gasteiger partial charge in [0.15, 0.2) is 0 Å². The molecule has 19 heavy (non-hydrogen) atoms. The molecule has 1 aromatic heterocycles. The molecule has 1 aromatic carbocycles. The molecule has 1 heterocycles. The van der Waals surface area contributed by atoms with Gasteiger partial charge in [-0.15, -0.1) is 11.8 Å². The molecule has 0 saturated carbocycles. The summed E-state index contributed by atoms with van der Waals surface area (Å²) in [6.07, 6.45) is 1.55. The molecular formula is C14H14FNO2S. The first kappa shape index (κ1) is 13.7. The van der Waals surface area contributed by atoms with E-state index in [1.165, 1.54) is 17.8 Å². The molecule has 2 rings (SSSR count). The van der Waals surface area contributed by atoms with E-state index in [1.54, 1.807) is 43.5 Å². The Morgan fingerprint density at radius 2 is 2.16 bits per heavy atom. The molecule has 0 bridgehead atoms. The number of carbonyl (C=O) groups excluding carboxylic acids is 1. The summed E-state index contributed by atoms with van der Waals surface area (Å²) < 4.78 is 18.6. The summed E-state index contributed by atoms with van der Waals surface area (Å²) in [6, 6.07) is 9.97. The van der Waals surface area contributed by atoms with Crippen LogP contribution in [0.1, 0.15) is 12.7 Å². The van der Waals surface area contributed by atoms with Crippen molar-refractivity contribution in [2.75, 3.05) is 0 Å². The van der Waals surface area contributed by atoms with Crippen molar-refractivity contribution in [1.82, 2.24) is 5.32 Å². The molecule has 1 atom stereocenters. The number of furan rings is 1. The highest BCUT2D eigenvalue weighted by Gasteiger charge is 2.16. The normalized spacial score (nSPS) is 12.1. The Morgan fingerprint density at radius 1 is 1.37 bits per heavy atom. The maximum Gasteiger partial charge on any atom is 0.233 e. The van der Waals surface area contributed by atoms with Crippen LogP contribution >= 0.6 is 11.8 Å². The number of hydrogen-bond acceptors (Lipinski definition) is 3. The van der Waals surface area contributed by atoms with Gasteiger partial charge in [-0.1, -0.05) is 12.1 Å². The van der Waals surface area contributed by atoms with Crippen molar-refractivity contribution >= 4 is 17.7 Å². The van der Waals surface area contributed by atoms with Crippen molar-refractivity contribution in [2.45, 2.75) is 23.6 Å². The van der Waals surface area contributed by atoms with Gasteiger partial charge >= 0.3 is 0 Å². The summed E-state index contributed by atoms with van der Waals surface area (Å²) in [5, 5.41) is 2.38. The minimum atomic E-state index is -0.369. The third-order valence-corrected chi connectivity index (χ3v) is 3.68. The molecule has 0 aliphatic carbocycles. The highest BCUT2D eigenvalue weighted by molar-refractivity contribution is 8.00. The van der Waals surface area contributed by atoms with Crippen molar-refractivity contribution in [1.29, 1.82) is 0 Å². The Labute approximate surface area is 115 Å². The number of hydrogen-bond donors (Lipinski definition) is 1. The fraction of sp³-hybridized carbons (Fsp3) is 0.214. The van der Waals surface area contributed by atoms with Gasteiger partial charge in [-0.25, -0.2) is 4.39 Å². The monoisotopic (exact) mass is 279 g/mol. The van der Waals surface area contributed by atoms with Crippen LogP contribution in [0.3, 0.4) is 0 Å². The molecule has 0 aliphatic rings. The van der Waals surface area contributed by atoms with Crippen molar-refractivity contribution in [3.63, 3.8) is 0 Å². The SMILES string of the molecule is C[C@H](Sc1ccccc1F)C(=O)NCc1ccco1. The number of halogens is 1. The second-order valence-corrected chi connectivity index (χ2v) is 5.37. The standard InChI is InChI=1S/C14H14FNO2S/c1-10(19-13-7-3-2-6-12(13)15)14(17)16-9-11-5-4-8-18-11/h2-8,10H,9H2,1H3,(H,16,17)/t10-/m0/s1. The lowest BCUT2D eigenvalue weighted by Crippen LogP contribution is -2.30. The second kappa shape index (κ2) is 6.43. The number of thioether (sulfide) groups is 1. The van der Waals surface area contributed by atoms with Crippen LogP contribution in [0.2, 0.25) is 0 Å². The van der Waals surface area contributed by atoms with Crippen LogP contribution < -0.4 is 5.32 Å². The number of amides is 1. The van der Waals surface area contributed by atoms with E-state index in [0.29, 0.717) is 17.2 Å². The molecular weight excluding hydrogens is 265 g/mol. The molecule has 0 fully saturated rings. The van der Waals surface area contributed by atoms with Crippen molar-refractivity contribution in [2.24, 2.45) is 0 Å². The van der Waals surface area contributed by atoms with Gasteiger partial charge in [0.2, 0.25) is 5.91 Å². The molecule has 100 valence electrons. The van der Waals surface area contributed by atoms with Gasteiger partial charge in [0.25, 0.3) is 0 Å². The quantitative estimate of drug-likeness (QED) is 0.855. The lowest BCUT2D eigenvalue weighted by Gasteiger charge is -2.11. The Kier molecular flexibility index (Phi) is 4.63. The minimum absolute atomic E-state index is 0.148. The summed E-state index contributed by atoms with van der Waals surface area (Å²) in [4.78, 5) is 12.3. The lowest BCUT2D eigenvalue weighted by molar-refractivity contribution is -0.120. The predicted molar refractivity (Wildman–Crippen MR) is 72.3 cm³/mol. The van der Waals surface area contributed by atoms with E-state index in [0.717, 1.165) is 0 Å². The largest absolute Gasteiger partial charge is 0.467 e. The first-order valence-electron chi connectivity index (χ1n) is 5.88.